The summed E-state index contributed by atoms with van der Waals surface area (Å²) < 4.78 is 0. The third-order valence-electron chi connectivity index (χ3n) is 5.07. The third-order valence-corrected chi connectivity index (χ3v) is 5.40. The van der Waals surface area contributed by atoms with Crippen LogP contribution in [0.3, 0.4) is 0 Å². The van der Waals surface area contributed by atoms with Crippen LogP contribution in [0.2, 0.25) is 5.02 Å². The first-order valence-corrected chi connectivity index (χ1v) is 8.33. The van der Waals surface area contributed by atoms with Crippen molar-refractivity contribution in [1.82, 2.24) is 5.32 Å². The van der Waals surface area contributed by atoms with E-state index in [9.17, 15) is 0 Å². The molecule has 1 saturated carbocycles. The van der Waals surface area contributed by atoms with Gasteiger partial charge in [-0.25, -0.2) is 0 Å². The summed E-state index contributed by atoms with van der Waals surface area (Å²) in [7, 11) is 0. The predicted octanol–water partition coefficient (Wildman–Crippen LogP) is 5.03. The molecule has 0 bridgehead atoms. The van der Waals surface area contributed by atoms with E-state index in [-0.39, 0.29) is 5.41 Å². The van der Waals surface area contributed by atoms with Gasteiger partial charge in [-0.1, -0.05) is 63.9 Å². The standard InChI is InChI=1S/C18H28ClN/c1-5-20-17-12-13(2)10-11-15(17)18(3,4)14-8-6-7-9-16(14)19/h6-9,13,15,17,20H,5,10-12H2,1-4H3. The van der Waals surface area contributed by atoms with Crippen LogP contribution in [-0.2, 0) is 5.41 Å². The maximum absolute atomic E-state index is 6.46. The highest BCUT2D eigenvalue weighted by atomic mass is 35.5. The minimum atomic E-state index is 0.116. The largest absolute Gasteiger partial charge is 0.314 e. The molecule has 0 aliphatic heterocycles. The molecule has 1 aromatic carbocycles. The molecular weight excluding hydrogens is 266 g/mol. The van der Waals surface area contributed by atoms with Crippen LogP contribution in [0.1, 0.15) is 52.5 Å². The van der Waals surface area contributed by atoms with Crippen LogP contribution in [0.4, 0.5) is 0 Å². The van der Waals surface area contributed by atoms with Gasteiger partial charge >= 0.3 is 0 Å². The van der Waals surface area contributed by atoms with Gasteiger partial charge in [-0.2, -0.15) is 0 Å². The van der Waals surface area contributed by atoms with Gasteiger partial charge in [-0.3, -0.25) is 0 Å². The molecule has 0 amide bonds. The molecule has 2 heteroatoms. The number of benzene rings is 1. The maximum atomic E-state index is 6.46. The van der Waals surface area contributed by atoms with E-state index in [2.05, 4.69) is 45.1 Å². The van der Waals surface area contributed by atoms with Gasteiger partial charge in [0.15, 0.2) is 0 Å². The summed E-state index contributed by atoms with van der Waals surface area (Å²) in [6.45, 7) is 10.4. The van der Waals surface area contributed by atoms with Gasteiger partial charge in [-0.15, -0.1) is 0 Å². The first kappa shape index (κ1) is 15.9. The lowest BCUT2D eigenvalue weighted by molar-refractivity contribution is 0.147. The molecule has 3 unspecified atom stereocenters. The van der Waals surface area contributed by atoms with Crippen LogP contribution < -0.4 is 5.32 Å². The number of hydrogen-bond acceptors (Lipinski definition) is 1. The summed E-state index contributed by atoms with van der Waals surface area (Å²) in [5, 5.41) is 4.63. The second-order valence-electron chi connectivity index (χ2n) is 6.89. The average molecular weight is 294 g/mol. The van der Waals surface area contributed by atoms with Crippen molar-refractivity contribution in [2.45, 2.75) is 58.4 Å². The zero-order chi connectivity index (χ0) is 14.8. The Morgan fingerprint density at radius 3 is 2.60 bits per heavy atom. The minimum Gasteiger partial charge on any atom is -0.314 e. The Morgan fingerprint density at radius 1 is 1.25 bits per heavy atom. The van der Waals surface area contributed by atoms with Gasteiger partial charge in [-0.05, 0) is 48.3 Å². The second kappa shape index (κ2) is 6.49. The molecule has 1 fully saturated rings. The van der Waals surface area contributed by atoms with E-state index in [0.29, 0.717) is 12.0 Å². The lowest BCUT2D eigenvalue weighted by atomic mass is 9.63. The van der Waals surface area contributed by atoms with Crippen molar-refractivity contribution in [3.8, 4) is 0 Å². The van der Waals surface area contributed by atoms with E-state index in [1.54, 1.807) is 0 Å². The topological polar surface area (TPSA) is 12.0 Å². The van der Waals surface area contributed by atoms with Crippen molar-refractivity contribution in [2.75, 3.05) is 6.54 Å². The minimum absolute atomic E-state index is 0.116. The number of halogens is 1. The van der Waals surface area contributed by atoms with Crippen LogP contribution in [0.25, 0.3) is 0 Å². The lowest BCUT2D eigenvalue weighted by Gasteiger charge is -2.45. The highest BCUT2D eigenvalue weighted by Crippen LogP contribution is 2.44. The van der Waals surface area contributed by atoms with E-state index in [4.69, 9.17) is 11.6 Å². The SMILES string of the molecule is CCNC1CC(C)CCC1C(C)(C)c1ccccc1Cl. The molecule has 1 aliphatic rings. The normalized spacial score (nSPS) is 27.6. The maximum Gasteiger partial charge on any atom is 0.0443 e. The number of rotatable bonds is 4. The number of hydrogen-bond donors (Lipinski definition) is 1. The van der Waals surface area contributed by atoms with Crippen molar-refractivity contribution < 1.29 is 0 Å². The Balaban J connectivity index is 2.29. The zero-order valence-corrected chi connectivity index (χ0v) is 14.0. The van der Waals surface area contributed by atoms with Gasteiger partial charge in [0.05, 0.1) is 0 Å². The molecule has 1 nitrogen and oxygen atoms in total. The Kier molecular flexibility index (Phi) is 5.14. The van der Waals surface area contributed by atoms with Crippen molar-refractivity contribution >= 4 is 11.6 Å². The van der Waals surface area contributed by atoms with E-state index < -0.39 is 0 Å². The summed E-state index contributed by atoms with van der Waals surface area (Å²) in [6, 6.07) is 8.95. The third kappa shape index (κ3) is 3.20. The smallest absolute Gasteiger partial charge is 0.0443 e. The molecule has 0 spiro atoms. The van der Waals surface area contributed by atoms with Gasteiger partial charge in [0.1, 0.15) is 0 Å². The molecule has 20 heavy (non-hydrogen) atoms. The van der Waals surface area contributed by atoms with E-state index in [1.165, 1.54) is 24.8 Å². The summed E-state index contributed by atoms with van der Waals surface area (Å²) >= 11 is 6.46. The summed E-state index contributed by atoms with van der Waals surface area (Å²) in [6.07, 6.45) is 3.91. The monoisotopic (exact) mass is 293 g/mol. The Bertz CT molecular complexity index is 441. The van der Waals surface area contributed by atoms with Crippen LogP contribution >= 0.6 is 11.6 Å². The molecule has 0 heterocycles. The fourth-order valence-electron chi connectivity index (χ4n) is 3.92. The molecule has 112 valence electrons. The molecule has 1 N–H and O–H groups in total. The predicted molar refractivity (Wildman–Crippen MR) is 88.4 cm³/mol. The van der Waals surface area contributed by atoms with Crippen molar-refractivity contribution in [2.24, 2.45) is 11.8 Å². The molecule has 0 aromatic heterocycles. The Labute approximate surface area is 129 Å². The highest BCUT2D eigenvalue weighted by Gasteiger charge is 2.40. The second-order valence-corrected chi connectivity index (χ2v) is 7.30. The summed E-state index contributed by atoms with van der Waals surface area (Å²) in [4.78, 5) is 0. The quantitative estimate of drug-likeness (QED) is 0.821. The van der Waals surface area contributed by atoms with E-state index >= 15 is 0 Å². The van der Waals surface area contributed by atoms with Crippen molar-refractivity contribution in [3.63, 3.8) is 0 Å². The molecule has 1 aliphatic carbocycles. The molecule has 1 aromatic rings. The fourth-order valence-corrected chi connectivity index (χ4v) is 4.30. The van der Waals surface area contributed by atoms with Gasteiger partial charge in [0, 0.05) is 11.1 Å². The fraction of sp³-hybridized carbons (Fsp3) is 0.667. The van der Waals surface area contributed by atoms with Gasteiger partial charge in [0.25, 0.3) is 0 Å². The zero-order valence-electron chi connectivity index (χ0n) is 13.2. The van der Waals surface area contributed by atoms with Crippen molar-refractivity contribution in [3.05, 3.63) is 34.9 Å². The molecule has 0 radical (unpaired) electrons. The first-order chi connectivity index (χ1) is 9.46. The highest BCUT2D eigenvalue weighted by molar-refractivity contribution is 6.31. The van der Waals surface area contributed by atoms with Crippen LogP contribution in [0.5, 0.6) is 0 Å². The van der Waals surface area contributed by atoms with Crippen molar-refractivity contribution in [1.29, 1.82) is 0 Å². The lowest BCUT2D eigenvalue weighted by Crippen LogP contribution is -2.48. The van der Waals surface area contributed by atoms with Crippen LogP contribution in [-0.4, -0.2) is 12.6 Å². The summed E-state index contributed by atoms with van der Waals surface area (Å²) in [5.74, 6) is 1.48. The van der Waals surface area contributed by atoms with Crippen LogP contribution in [0.15, 0.2) is 24.3 Å². The summed E-state index contributed by atoms with van der Waals surface area (Å²) in [5.41, 5.74) is 1.41. The molecular formula is C18H28ClN. The molecule has 0 saturated heterocycles. The first-order valence-electron chi connectivity index (χ1n) is 7.95. The molecule has 3 atom stereocenters. The Hall–Kier alpha value is -0.530. The average Bonchev–Trinajstić information content (AvgIpc) is 2.39. The van der Waals surface area contributed by atoms with E-state index in [1.807, 2.05) is 12.1 Å². The Morgan fingerprint density at radius 2 is 1.95 bits per heavy atom. The van der Waals surface area contributed by atoms with Gasteiger partial charge in [0.2, 0.25) is 0 Å². The van der Waals surface area contributed by atoms with Crippen LogP contribution in [0, 0.1) is 11.8 Å². The number of nitrogens with one attached hydrogen (secondary N) is 1. The van der Waals surface area contributed by atoms with E-state index in [0.717, 1.165) is 17.5 Å². The van der Waals surface area contributed by atoms with Gasteiger partial charge < -0.3 is 5.32 Å². The molecule has 2 rings (SSSR count).